The summed E-state index contributed by atoms with van der Waals surface area (Å²) in [6, 6.07) is 1.84. The summed E-state index contributed by atoms with van der Waals surface area (Å²) in [6.07, 6.45) is 6.23. The minimum atomic E-state index is -0.150. The van der Waals surface area contributed by atoms with E-state index in [2.05, 4.69) is 15.2 Å². The van der Waals surface area contributed by atoms with Crippen LogP contribution in [0.15, 0.2) is 12.3 Å². The molecule has 1 aromatic rings. The van der Waals surface area contributed by atoms with Crippen molar-refractivity contribution in [3.05, 3.63) is 23.0 Å². The maximum Gasteiger partial charge on any atom is 0.270 e. The fourth-order valence-corrected chi connectivity index (χ4v) is 3.70. The van der Waals surface area contributed by atoms with E-state index >= 15 is 0 Å². The Morgan fingerprint density at radius 3 is 2.50 bits per heavy atom. The molecule has 132 valence electrons. The number of amides is 2. The lowest BCUT2D eigenvalue weighted by Gasteiger charge is -2.37. The van der Waals surface area contributed by atoms with E-state index in [1.165, 1.54) is 12.8 Å². The van der Waals surface area contributed by atoms with Gasteiger partial charge in [-0.3, -0.25) is 14.5 Å². The van der Waals surface area contributed by atoms with E-state index in [9.17, 15) is 9.59 Å². The second-order valence-electron chi connectivity index (χ2n) is 6.73. The van der Waals surface area contributed by atoms with Gasteiger partial charge in [-0.15, -0.1) is 0 Å². The highest BCUT2D eigenvalue weighted by atomic mass is 35.5. The largest absolute Gasteiger partial charge is 0.356 e. The number of hydrogen-bond donors (Lipinski definition) is 2. The quantitative estimate of drug-likeness (QED) is 0.869. The number of carbonyl (C=O) groups is 2. The molecule has 2 amide bonds. The van der Waals surface area contributed by atoms with Crippen molar-refractivity contribution in [2.45, 2.75) is 44.7 Å². The fraction of sp³-hybridized carbons (Fsp3) is 0.647. The number of halogens is 1. The lowest BCUT2D eigenvalue weighted by Crippen LogP contribution is -2.55. The van der Waals surface area contributed by atoms with Crippen LogP contribution in [0.5, 0.6) is 0 Å². The van der Waals surface area contributed by atoms with Crippen LogP contribution in [0.2, 0.25) is 5.02 Å². The topological polar surface area (TPSA) is 68.4 Å². The molecule has 1 unspecified atom stereocenters. The molecule has 1 saturated carbocycles. The Morgan fingerprint density at radius 2 is 1.92 bits per heavy atom. The molecule has 1 aliphatic heterocycles. The Labute approximate surface area is 147 Å². The average Bonchev–Trinajstić information content (AvgIpc) is 3.25. The number of carbonyl (C=O) groups excluding carboxylic acids is 2. The third kappa shape index (κ3) is 3.92. The van der Waals surface area contributed by atoms with E-state index in [4.69, 9.17) is 11.6 Å². The Kier molecular flexibility index (Phi) is 5.46. The summed E-state index contributed by atoms with van der Waals surface area (Å²) < 4.78 is 0. The van der Waals surface area contributed by atoms with Gasteiger partial charge >= 0.3 is 0 Å². The van der Waals surface area contributed by atoms with Crippen LogP contribution in [0.1, 0.15) is 43.1 Å². The second-order valence-corrected chi connectivity index (χ2v) is 7.16. The minimum Gasteiger partial charge on any atom is -0.356 e. The van der Waals surface area contributed by atoms with Gasteiger partial charge in [-0.1, -0.05) is 24.4 Å². The molecule has 7 heteroatoms. The van der Waals surface area contributed by atoms with Crippen molar-refractivity contribution in [3.63, 3.8) is 0 Å². The van der Waals surface area contributed by atoms with Crippen LogP contribution in [-0.2, 0) is 4.79 Å². The molecule has 1 saturated heterocycles. The van der Waals surface area contributed by atoms with Gasteiger partial charge in [0, 0.05) is 38.4 Å². The standard InChI is InChI=1S/C17H25ClN4O2/c1-12(16(23)20-14-4-2-3-5-14)21-6-8-22(9-7-21)17(24)15-10-13(18)11-19-15/h10-12,14,19H,2-9H2,1H3,(H,20,23). The summed E-state index contributed by atoms with van der Waals surface area (Å²) in [6.45, 7) is 4.61. The molecule has 2 fully saturated rings. The molecular weight excluding hydrogens is 328 g/mol. The van der Waals surface area contributed by atoms with Crippen LogP contribution in [0.25, 0.3) is 0 Å². The van der Waals surface area contributed by atoms with Crippen molar-refractivity contribution in [2.24, 2.45) is 0 Å². The zero-order valence-corrected chi connectivity index (χ0v) is 14.8. The first kappa shape index (κ1) is 17.3. The summed E-state index contributed by atoms with van der Waals surface area (Å²) in [7, 11) is 0. The van der Waals surface area contributed by atoms with Crippen LogP contribution >= 0.6 is 11.6 Å². The third-order valence-electron chi connectivity index (χ3n) is 5.11. The Hall–Kier alpha value is -1.53. The zero-order valence-electron chi connectivity index (χ0n) is 14.1. The van der Waals surface area contributed by atoms with Crippen molar-refractivity contribution in [3.8, 4) is 0 Å². The number of aromatic nitrogens is 1. The number of nitrogens with zero attached hydrogens (tertiary/aromatic N) is 2. The molecule has 0 spiro atoms. The lowest BCUT2D eigenvalue weighted by atomic mass is 10.2. The van der Waals surface area contributed by atoms with Crippen molar-refractivity contribution in [1.82, 2.24) is 20.1 Å². The van der Waals surface area contributed by atoms with E-state index in [0.29, 0.717) is 42.9 Å². The van der Waals surface area contributed by atoms with Crippen LogP contribution in [0.3, 0.4) is 0 Å². The van der Waals surface area contributed by atoms with Crippen molar-refractivity contribution in [1.29, 1.82) is 0 Å². The first-order valence-corrected chi connectivity index (χ1v) is 9.10. The molecule has 1 aromatic heterocycles. The Bertz CT molecular complexity index is 589. The average molecular weight is 353 g/mol. The summed E-state index contributed by atoms with van der Waals surface area (Å²) >= 11 is 5.86. The molecular formula is C17H25ClN4O2. The van der Waals surface area contributed by atoms with E-state index in [-0.39, 0.29) is 17.9 Å². The SMILES string of the molecule is CC(C(=O)NC1CCCC1)N1CCN(C(=O)c2cc(Cl)c[nH]2)CC1. The van der Waals surface area contributed by atoms with E-state index in [0.717, 1.165) is 12.8 Å². The molecule has 0 aromatic carbocycles. The monoisotopic (exact) mass is 352 g/mol. The number of aromatic amines is 1. The predicted molar refractivity (Wildman–Crippen MR) is 93.1 cm³/mol. The van der Waals surface area contributed by atoms with Crippen molar-refractivity contribution >= 4 is 23.4 Å². The lowest BCUT2D eigenvalue weighted by molar-refractivity contribution is -0.127. The summed E-state index contributed by atoms with van der Waals surface area (Å²) in [5.74, 6) is 0.0717. The Balaban J connectivity index is 1.48. The summed E-state index contributed by atoms with van der Waals surface area (Å²) in [4.78, 5) is 31.6. The number of piperazine rings is 1. The third-order valence-corrected chi connectivity index (χ3v) is 5.33. The molecule has 6 nitrogen and oxygen atoms in total. The smallest absolute Gasteiger partial charge is 0.270 e. The highest BCUT2D eigenvalue weighted by molar-refractivity contribution is 6.30. The predicted octanol–water partition coefficient (Wildman–Crippen LogP) is 1.87. The fourth-order valence-electron chi connectivity index (χ4n) is 3.53. The van der Waals surface area contributed by atoms with E-state index < -0.39 is 0 Å². The molecule has 0 bridgehead atoms. The Morgan fingerprint density at radius 1 is 1.25 bits per heavy atom. The van der Waals surface area contributed by atoms with Gasteiger partial charge in [0.15, 0.2) is 0 Å². The van der Waals surface area contributed by atoms with Crippen molar-refractivity contribution in [2.75, 3.05) is 26.2 Å². The summed E-state index contributed by atoms with van der Waals surface area (Å²) in [5.41, 5.74) is 0.514. The van der Waals surface area contributed by atoms with Gasteiger partial charge in [0.05, 0.1) is 11.1 Å². The summed E-state index contributed by atoms with van der Waals surface area (Å²) in [5, 5.41) is 3.69. The number of hydrogen-bond acceptors (Lipinski definition) is 3. The molecule has 1 atom stereocenters. The highest BCUT2D eigenvalue weighted by Crippen LogP contribution is 2.18. The number of H-pyrrole nitrogens is 1. The van der Waals surface area contributed by atoms with Gasteiger partial charge in [-0.2, -0.15) is 0 Å². The van der Waals surface area contributed by atoms with E-state index in [1.807, 2.05) is 6.92 Å². The minimum absolute atomic E-state index is 0.0374. The maximum atomic E-state index is 12.4. The molecule has 2 heterocycles. The maximum absolute atomic E-state index is 12.4. The zero-order chi connectivity index (χ0) is 17.1. The van der Waals surface area contributed by atoms with Crippen molar-refractivity contribution < 1.29 is 9.59 Å². The normalized spacial score (nSPS) is 21.0. The van der Waals surface area contributed by atoms with Crippen LogP contribution in [-0.4, -0.2) is 64.9 Å². The van der Waals surface area contributed by atoms with Gasteiger partial charge < -0.3 is 15.2 Å². The first-order valence-electron chi connectivity index (χ1n) is 8.72. The molecule has 2 aliphatic rings. The highest BCUT2D eigenvalue weighted by Gasteiger charge is 2.29. The molecule has 2 N–H and O–H groups in total. The van der Waals surface area contributed by atoms with Crippen LogP contribution in [0, 0.1) is 0 Å². The van der Waals surface area contributed by atoms with Gasteiger partial charge in [0.2, 0.25) is 5.91 Å². The molecule has 1 aliphatic carbocycles. The van der Waals surface area contributed by atoms with Gasteiger partial charge in [-0.25, -0.2) is 0 Å². The number of nitrogens with one attached hydrogen (secondary N) is 2. The van der Waals surface area contributed by atoms with Crippen LogP contribution in [0.4, 0.5) is 0 Å². The van der Waals surface area contributed by atoms with Crippen LogP contribution < -0.4 is 5.32 Å². The van der Waals surface area contributed by atoms with Gasteiger partial charge in [0.25, 0.3) is 5.91 Å². The molecule has 0 radical (unpaired) electrons. The second kappa shape index (κ2) is 7.57. The molecule has 24 heavy (non-hydrogen) atoms. The van der Waals surface area contributed by atoms with E-state index in [1.54, 1.807) is 17.2 Å². The van der Waals surface area contributed by atoms with Gasteiger partial charge in [-0.05, 0) is 25.8 Å². The van der Waals surface area contributed by atoms with Gasteiger partial charge in [0.1, 0.15) is 5.69 Å². The molecule has 3 rings (SSSR count). The first-order chi connectivity index (χ1) is 11.5. The number of rotatable bonds is 4.